The predicted octanol–water partition coefficient (Wildman–Crippen LogP) is 1.97. The van der Waals surface area contributed by atoms with Gasteiger partial charge in [-0.15, -0.1) is 5.10 Å². The molecule has 0 bridgehead atoms. The van der Waals surface area contributed by atoms with Crippen LogP contribution in [0.25, 0.3) is 4.96 Å². The van der Waals surface area contributed by atoms with Crippen molar-refractivity contribution in [3.8, 4) is 11.6 Å². The standard InChI is InChI=1S/C18H22N4O2S/c1-12-19-18-22(20-12)17(23)16(25-18)15(21-9-4-3-5-10-21)13-7-6-8-14(11-13)24-2/h6-8,11,15,23H,3-5,9-10H2,1-2H3/p+1/t15-/m0/s1. The highest BCUT2D eigenvalue weighted by Gasteiger charge is 2.33. The molecule has 2 N–H and O–H groups in total. The molecule has 0 amide bonds. The Morgan fingerprint density at radius 3 is 2.80 bits per heavy atom. The van der Waals surface area contributed by atoms with E-state index in [1.807, 2.05) is 19.1 Å². The molecular formula is C18H23N4O2S+. The average molecular weight is 359 g/mol. The van der Waals surface area contributed by atoms with Crippen molar-refractivity contribution in [1.82, 2.24) is 14.6 Å². The first-order valence-corrected chi connectivity index (χ1v) is 9.52. The topological polar surface area (TPSA) is 64.1 Å². The zero-order valence-electron chi connectivity index (χ0n) is 14.5. The van der Waals surface area contributed by atoms with Crippen molar-refractivity contribution in [2.24, 2.45) is 0 Å². The maximum atomic E-state index is 10.8. The van der Waals surface area contributed by atoms with Gasteiger partial charge >= 0.3 is 0 Å². The van der Waals surface area contributed by atoms with Crippen molar-refractivity contribution in [2.75, 3.05) is 20.2 Å². The SMILES string of the molecule is COc1cccc([C@@H](c2sc3nc(C)nn3c2O)[NH+]2CCCCC2)c1. The van der Waals surface area contributed by atoms with Crippen LogP contribution in [0.5, 0.6) is 11.6 Å². The molecule has 1 aliphatic heterocycles. The number of methoxy groups -OCH3 is 1. The smallest absolute Gasteiger partial charge is 0.235 e. The predicted molar refractivity (Wildman–Crippen MR) is 96.7 cm³/mol. The fraction of sp³-hybridized carbons (Fsp3) is 0.444. The summed E-state index contributed by atoms with van der Waals surface area (Å²) in [6, 6.07) is 8.24. The molecule has 0 aliphatic carbocycles. The fourth-order valence-electron chi connectivity index (χ4n) is 3.72. The lowest BCUT2D eigenvalue weighted by Gasteiger charge is -2.31. The number of fused-ring (bicyclic) bond motifs is 1. The van der Waals surface area contributed by atoms with Crippen LogP contribution in [0, 0.1) is 6.92 Å². The summed E-state index contributed by atoms with van der Waals surface area (Å²) in [4.78, 5) is 7.58. The molecule has 1 fully saturated rings. The summed E-state index contributed by atoms with van der Waals surface area (Å²) in [5, 5.41) is 15.1. The summed E-state index contributed by atoms with van der Waals surface area (Å²) in [6.45, 7) is 4.05. The second-order valence-electron chi connectivity index (χ2n) is 6.57. The first-order chi connectivity index (χ1) is 12.2. The van der Waals surface area contributed by atoms with Crippen LogP contribution in [0.1, 0.15) is 41.6 Å². The molecule has 0 radical (unpaired) electrons. The molecule has 1 atom stereocenters. The van der Waals surface area contributed by atoms with Gasteiger partial charge in [-0.05, 0) is 38.3 Å². The third-order valence-electron chi connectivity index (χ3n) is 4.90. The Morgan fingerprint density at radius 1 is 1.28 bits per heavy atom. The molecule has 25 heavy (non-hydrogen) atoms. The maximum Gasteiger partial charge on any atom is 0.235 e. The van der Waals surface area contributed by atoms with E-state index in [0.717, 1.165) is 34.2 Å². The zero-order valence-corrected chi connectivity index (χ0v) is 15.3. The molecule has 1 aromatic carbocycles. The first kappa shape index (κ1) is 16.4. The van der Waals surface area contributed by atoms with E-state index < -0.39 is 0 Å². The number of nitrogens with zero attached hydrogens (tertiary/aromatic N) is 3. The van der Waals surface area contributed by atoms with E-state index in [1.165, 1.54) is 35.5 Å². The number of benzene rings is 1. The summed E-state index contributed by atoms with van der Waals surface area (Å²) in [7, 11) is 1.69. The Morgan fingerprint density at radius 2 is 2.08 bits per heavy atom. The van der Waals surface area contributed by atoms with Gasteiger partial charge in [-0.3, -0.25) is 0 Å². The molecule has 1 aliphatic rings. The van der Waals surface area contributed by atoms with Gasteiger partial charge < -0.3 is 14.7 Å². The van der Waals surface area contributed by atoms with Crippen LogP contribution in [0.3, 0.4) is 0 Å². The van der Waals surface area contributed by atoms with Crippen LogP contribution in [-0.4, -0.2) is 39.9 Å². The number of thiazole rings is 1. The second-order valence-corrected chi connectivity index (χ2v) is 7.58. The van der Waals surface area contributed by atoms with E-state index >= 15 is 0 Å². The molecule has 7 heteroatoms. The highest BCUT2D eigenvalue weighted by molar-refractivity contribution is 7.17. The minimum Gasteiger partial charge on any atom is -0.497 e. The highest BCUT2D eigenvalue weighted by Crippen LogP contribution is 2.36. The maximum absolute atomic E-state index is 10.8. The normalized spacial score (nSPS) is 17.0. The fourth-order valence-corrected chi connectivity index (χ4v) is 4.91. The monoisotopic (exact) mass is 359 g/mol. The van der Waals surface area contributed by atoms with E-state index in [-0.39, 0.29) is 11.9 Å². The molecule has 6 nitrogen and oxygen atoms in total. The lowest BCUT2D eigenvalue weighted by Crippen LogP contribution is -3.13. The van der Waals surface area contributed by atoms with Crippen LogP contribution < -0.4 is 9.64 Å². The van der Waals surface area contributed by atoms with Gasteiger partial charge in [0.05, 0.1) is 20.2 Å². The summed E-state index contributed by atoms with van der Waals surface area (Å²) < 4.78 is 6.98. The lowest BCUT2D eigenvalue weighted by atomic mass is 10.00. The molecule has 0 saturated carbocycles. The quantitative estimate of drug-likeness (QED) is 0.748. The number of rotatable bonds is 4. The number of likely N-dealkylation sites (tertiary alicyclic amines) is 1. The Kier molecular flexibility index (Phi) is 4.35. The van der Waals surface area contributed by atoms with Crippen molar-refractivity contribution in [2.45, 2.75) is 32.2 Å². The van der Waals surface area contributed by atoms with Crippen LogP contribution in [0.4, 0.5) is 0 Å². The first-order valence-electron chi connectivity index (χ1n) is 8.71. The minimum absolute atomic E-state index is 0.0733. The summed E-state index contributed by atoms with van der Waals surface area (Å²) in [6.07, 6.45) is 3.72. The number of nitrogens with one attached hydrogen (secondary N) is 1. The number of aromatic nitrogens is 3. The Hall–Kier alpha value is -2.12. The molecule has 3 heterocycles. The molecule has 132 valence electrons. The van der Waals surface area contributed by atoms with Crippen molar-refractivity contribution in [3.05, 3.63) is 40.5 Å². The van der Waals surface area contributed by atoms with E-state index in [2.05, 4.69) is 22.2 Å². The minimum atomic E-state index is 0.0733. The molecule has 0 spiro atoms. The summed E-state index contributed by atoms with van der Waals surface area (Å²) in [5.74, 6) is 1.73. The molecule has 1 saturated heterocycles. The van der Waals surface area contributed by atoms with Gasteiger partial charge in [-0.25, -0.2) is 4.98 Å². The second kappa shape index (κ2) is 6.65. The molecule has 0 unspecified atom stereocenters. The van der Waals surface area contributed by atoms with Crippen molar-refractivity contribution in [1.29, 1.82) is 0 Å². The van der Waals surface area contributed by atoms with Gasteiger partial charge in [-0.2, -0.15) is 4.52 Å². The van der Waals surface area contributed by atoms with Gasteiger partial charge in [0.1, 0.15) is 16.5 Å². The van der Waals surface area contributed by atoms with Crippen LogP contribution in [0.2, 0.25) is 0 Å². The third kappa shape index (κ3) is 2.98. The van der Waals surface area contributed by atoms with Crippen molar-refractivity contribution >= 4 is 16.3 Å². The summed E-state index contributed by atoms with van der Waals surface area (Å²) >= 11 is 1.53. The third-order valence-corrected chi connectivity index (χ3v) is 5.98. The van der Waals surface area contributed by atoms with Gasteiger partial charge in [0.15, 0.2) is 6.04 Å². The highest BCUT2D eigenvalue weighted by atomic mass is 32.1. The molecule has 3 aromatic rings. The van der Waals surface area contributed by atoms with Gasteiger partial charge in [0.2, 0.25) is 10.8 Å². The summed E-state index contributed by atoms with van der Waals surface area (Å²) in [5.41, 5.74) is 1.16. The largest absolute Gasteiger partial charge is 0.497 e. The number of hydrogen-bond donors (Lipinski definition) is 2. The number of quaternary nitrogens is 1. The average Bonchev–Trinajstić information content (AvgIpc) is 3.14. The van der Waals surface area contributed by atoms with E-state index in [0.29, 0.717) is 5.82 Å². The zero-order chi connectivity index (χ0) is 17.4. The van der Waals surface area contributed by atoms with Crippen LogP contribution in [-0.2, 0) is 0 Å². The Balaban J connectivity index is 1.83. The number of hydrogen-bond acceptors (Lipinski definition) is 5. The van der Waals surface area contributed by atoms with Crippen LogP contribution in [0.15, 0.2) is 24.3 Å². The lowest BCUT2D eigenvalue weighted by molar-refractivity contribution is -0.929. The van der Waals surface area contributed by atoms with E-state index in [1.54, 1.807) is 11.6 Å². The number of ether oxygens (including phenoxy) is 1. The molecule has 4 rings (SSSR count). The molecule has 2 aromatic heterocycles. The van der Waals surface area contributed by atoms with Gasteiger partial charge in [0.25, 0.3) is 0 Å². The Labute approximate surface area is 150 Å². The van der Waals surface area contributed by atoms with Gasteiger partial charge in [-0.1, -0.05) is 23.5 Å². The van der Waals surface area contributed by atoms with Gasteiger partial charge in [0, 0.05) is 5.56 Å². The van der Waals surface area contributed by atoms with E-state index in [9.17, 15) is 5.11 Å². The Bertz CT molecular complexity index is 882. The van der Waals surface area contributed by atoms with Crippen LogP contribution >= 0.6 is 11.3 Å². The van der Waals surface area contributed by atoms with Crippen molar-refractivity contribution in [3.63, 3.8) is 0 Å². The number of piperidine rings is 1. The number of aromatic hydroxyl groups is 1. The van der Waals surface area contributed by atoms with Crippen molar-refractivity contribution < 1.29 is 14.7 Å². The number of aryl methyl sites for hydroxylation is 1. The van der Waals surface area contributed by atoms with E-state index in [4.69, 9.17) is 4.74 Å². The molecular weight excluding hydrogens is 336 g/mol.